The van der Waals surface area contributed by atoms with Crippen molar-refractivity contribution in [2.45, 2.75) is 31.7 Å². The van der Waals surface area contributed by atoms with E-state index in [4.69, 9.17) is 9.47 Å². The molecule has 0 radical (unpaired) electrons. The molecule has 0 atom stereocenters. The lowest BCUT2D eigenvalue weighted by atomic mass is 10.2. The number of benzene rings is 1. The molecule has 1 fully saturated rings. The third-order valence-electron chi connectivity index (χ3n) is 4.47. The van der Waals surface area contributed by atoms with Gasteiger partial charge in [0.15, 0.2) is 13.2 Å². The third kappa shape index (κ3) is 4.52. The number of nitro groups is 1. The predicted molar refractivity (Wildman–Crippen MR) is 92.3 cm³/mol. The molecule has 1 saturated carbocycles. The molecule has 3 rings (SSSR count). The average Bonchev–Trinajstić information content (AvgIpc) is 3.15. The summed E-state index contributed by atoms with van der Waals surface area (Å²) in [5.41, 5.74) is -0.117. The molecule has 10 heteroatoms. The van der Waals surface area contributed by atoms with Gasteiger partial charge in [-0.3, -0.25) is 29.4 Å². The average molecular weight is 377 g/mol. The van der Waals surface area contributed by atoms with Gasteiger partial charge in [0, 0.05) is 18.2 Å². The van der Waals surface area contributed by atoms with E-state index in [1.807, 2.05) is 0 Å². The Kier molecular flexibility index (Phi) is 5.53. The van der Waals surface area contributed by atoms with E-state index in [2.05, 4.69) is 5.32 Å². The van der Waals surface area contributed by atoms with Gasteiger partial charge in [0.2, 0.25) is 0 Å². The molecule has 27 heavy (non-hydrogen) atoms. The van der Waals surface area contributed by atoms with Crippen LogP contribution < -0.4 is 15.0 Å². The first-order valence-electron chi connectivity index (χ1n) is 8.60. The van der Waals surface area contributed by atoms with Crippen molar-refractivity contribution >= 4 is 29.2 Å². The second kappa shape index (κ2) is 8.02. The Balaban J connectivity index is 1.60. The molecule has 1 aromatic carbocycles. The van der Waals surface area contributed by atoms with E-state index >= 15 is 0 Å². The smallest absolute Gasteiger partial charge is 0.326 e. The van der Waals surface area contributed by atoms with Gasteiger partial charge >= 0.3 is 5.97 Å². The van der Waals surface area contributed by atoms with Gasteiger partial charge in [0.1, 0.15) is 12.3 Å². The Morgan fingerprint density at radius 1 is 1.33 bits per heavy atom. The molecule has 0 saturated heterocycles. The zero-order valence-electron chi connectivity index (χ0n) is 14.5. The van der Waals surface area contributed by atoms with Crippen molar-refractivity contribution in [1.29, 1.82) is 0 Å². The van der Waals surface area contributed by atoms with E-state index < -0.39 is 30.0 Å². The third-order valence-corrected chi connectivity index (χ3v) is 4.47. The van der Waals surface area contributed by atoms with Gasteiger partial charge in [-0.05, 0) is 18.9 Å². The number of carbonyl (C=O) groups excluding carboxylic acids is 3. The molecule has 0 spiro atoms. The molecule has 1 heterocycles. The minimum Gasteiger partial charge on any atom is -0.482 e. The van der Waals surface area contributed by atoms with Crippen LogP contribution in [-0.2, 0) is 19.1 Å². The minimum atomic E-state index is -0.788. The Morgan fingerprint density at radius 3 is 2.78 bits per heavy atom. The lowest BCUT2D eigenvalue weighted by Crippen LogP contribution is -2.43. The number of carbonyl (C=O) groups is 3. The normalized spacial score (nSPS) is 16.4. The number of amides is 2. The van der Waals surface area contributed by atoms with Crippen LogP contribution in [0.1, 0.15) is 25.7 Å². The van der Waals surface area contributed by atoms with E-state index in [1.165, 1.54) is 12.1 Å². The maximum atomic E-state index is 12.1. The van der Waals surface area contributed by atoms with Gasteiger partial charge in [-0.15, -0.1) is 0 Å². The first-order valence-corrected chi connectivity index (χ1v) is 8.60. The molecule has 0 unspecified atom stereocenters. The van der Waals surface area contributed by atoms with Crippen molar-refractivity contribution in [1.82, 2.24) is 5.32 Å². The summed E-state index contributed by atoms with van der Waals surface area (Å²) in [5, 5.41) is 13.7. The second-order valence-electron chi connectivity index (χ2n) is 6.39. The van der Waals surface area contributed by atoms with Gasteiger partial charge in [-0.2, -0.15) is 0 Å². The zero-order valence-corrected chi connectivity index (χ0v) is 14.5. The van der Waals surface area contributed by atoms with Crippen LogP contribution in [-0.4, -0.2) is 48.5 Å². The number of anilines is 1. The summed E-state index contributed by atoms with van der Waals surface area (Å²) in [5.74, 6) is -1.45. The second-order valence-corrected chi connectivity index (χ2v) is 6.39. The number of nitrogens with zero attached hydrogens (tertiary/aromatic N) is 2. The molecule has 1 aliphatic carbocycles. The number of nitrogens with one attached hydrogen (secondary N) is 1. The Morgan fingerprint density at radius 2 is 2.07 bits per heavy atom. The molecule has 1 aliphatic heterocycles. The minimum absolute atomic E-state index is 0.115. The van der Waals surface area contributed by atoms with Crippen molar-refractivity contribution in [3.05, 3.63) is 28.3 Å². The van der Waals surface area contributed by atoms with Crippen LogP contribution in [0.4, 0.5) is 11.4 Å². The van der Waals surface area contributed by atoms with Crippen molar-refractivity contribution < 1.29 is 28.8 Å². The summed E-state index contributed by atoms with van der Waals surface area (Å²) in [4.78, 5) is 47.3. The summed E-state index contributed by atoms with van der Waals surface area (Å²) in [7, 11) is 0. The van der Waals surface area contributed by atoms with Gasteiger partial charge in [-0.25, -0.2) is 0 Å². The highest BCUT2D eigenvalue weighted by molar-refractivity contribution is 6.01. The SMILES string of the molecule is O=C(COC(=O)CN1C(=O)COc2ccc([N+](=O)[O-])cc21)NC1CCCC1. The zero-order chi connectivity index (χ0) is 19.4. The fourth-order valence-electron chi connectivity index (χ4n) is 3.14. The van der Waals surface area contributed by atoms with Crippen LogP contribution in [0.15, 0.2) is 18.2 Å². The summed E-state index contributed by atoms with van der Waals surface area (Å²) >= 11 is 0. The molecule has 2 aliphatic rings. The number of non-ortho nitro benzene ring substituents is 1. The highest BCUT2D eigenvalue weighted by Crippen LogP contribution is 2.35. The number of rotatable bonds is 6. The molecular weight excluding hydrogens is 358 g/mol. The predicted octanol–water partition coefficient (Wildman–Crippen LogP) is 0.922. The first-order chi connectivity index (χ1) is 12.9. The molecular formula is C17H19N3O7. The van der Waals surface area contributed by atoms with Crippen LogP contribution >= 0.6 is 0 Å². The maximum absolute atomic E-state index is 12.1. The van der Waals surface area contributed by atoms with Gasteiger partial charge in [0.05, 0.1) is 10.6 Å². The van der Waals surface area contributed by atoms with E-state index in [-0.39, 0.29) is 35.7 Å². The quantitative estimate of drug-likeness (QED) is 0.443. The molecule has 144 valence electrons. The van der Waals surface area contributed by atoms with Gasteiger partial charge in [-0.1, -0.05) is 12.8 Å². The highest BCUT2D eigenvalue weighted by atomic mass is 16.6. The molecule has 0 bridgehead atoms. The van der Waals surface area contributed by atoms with Gasteiger partial charge in [0.25, 0.3) is 17.5 Å². The van der Waals surface area contributed by atoms with E-state index in [0.717, 1.165) is 36.6 Å². The standard InChI is InChI=1S/C17H19N3O7/c21-15(18-11-3-1-2-4-11)9-27-17(23)8-19-13-7-12(20(24)25)5-6-14(13)26-10-16(19)22/h5-7,11H,1-4,8-10H2,(H,18,21). The molecule has 0 aromatic heterocycles. The lowest BCUT2D eigenvalue weighted by Gasteiger charge is -2.28. The molecule has 1 aromatic rings. The van der Waals surface area contributed by atoms with Crippen LogP contribution in [0, 0.1) is 10.1 Å². The first kappa shape index (κ1) is 18.6. The summed E-state index contributed by atoms with van der Waals surface area (Å²) in [6.07, 6.45) is 3.96. The monoisotopic (exact) mass is 377 g/mol. The Labute approximate surface area is 154 Å². The summed E-state index contributed by atoms with van der Waals surface area (Å²) < 4.78 is 10.2. The Bertz CT molecular complexity index is 774. The number of esters is 1. The van der Waals surface area contributed by atoms with Crippen LogP contribution in [0.2, 0.25) is 0 Å². The van der Waals surface area contributed by atoms with Crippen molar-refractivity contribution in [3.8, 4) is 5.75 Å². The van der Waals surface area contributed by atoms with Crippen molar-refractivity contribution in [2.75, 3.05) is 24.7 Å². The van der Waals surface area contributed by atoms with E-state index in [1.54, 1.807) is 0 Å². The van der Waals surface area contributed by atoms with Crippen LogP contribution in [0.25, 0.3) is 0 Å². The van der Waals surface area contributed by atoms with Crippen LogP contribution in [0.5, 0.6) is 5.75 Å². The fraction of sp³-hybridized carbons (Fsp3) is 0.471. The molecule has 10 nitrogen and oxygen atoms in total. The summed E-state index contributed by atoms with van der Waals surface area (Å²) in [6, 6.07) is 3.89. The number of hydrogen-bond donors (Lipinski definition) is 1. The van der Waals surface area contributed by atoms with Crippen molar-refractivity contribution in [2.24, 2.45) is 0 Å². The lowest BCUT2D eigenvalue weighted by molar-refractivity contribution is -0.384. The fourth-order valence-corrected chi connectivity index (χ4v) is 3.14. The van der Waals surface area contributed by atoms with E-state index in [9.17, 15) is 24.5 Å². The largest absolute Gasteiger partial charge is 0.482 e. The number of nitro benzene ring substituents is 1. The van der Waals surface area contributed by atoms with Gasteiger partial charge < -0.3 is 14.8 Å². The number of fused-ring (bicyclic) bond motifs is 1. The van der Waals surface area contributed by atoms with Crippen LogP contribution in [0.3, 0.4) is 0 Å². The van der Waals surface area contributed by atoms with E-state index in [0.29, 0.717) is 0 Å². The number of ether oxygens (including phenoxy) is 2. The molecule has 1 N–H and O–H groups in total. The topological polar surface area (TPSA) is 128 Å². The highest BCUT2D eigenvalue weighted by Gasteiger charge is 2.30. The van der Waals surface area contributed by atoms with Crippen molar-refractivity contribution in [3.63, 3.8) is 0 Å². The maximum Gasteiger partial charge on any atom is 0.326 e. The number of hydrogen-bond acceptors (Lipinski definition) is 7. The molecule has 2 amide bonds. The summed E-state index contributed by atoms with van der Waals surface area (Å²) in [6.45, 7) is -1.19. The Hall–Kier alpha value is -3.17.